The second-order valence-corrected chi connectivity index (χ2v) is 5.57. The first-order chi connectivity index (χ1) is 8.61. The molecule has 2 unspecified atom stereocenters. The number of nitrogens with zero attached hydrogens (tertiary/aromatic N) is 2. The maximum Gasteiger partial charge on any atom is 0.239 e. The minimum atomic E-state index is -0.0362. The van der Waals surface area contributed by atoms with Gasteiger partial charge in [0.25, 0.3) is 0 Å². The van der Waals surface area contributed by atoms with Crippen molar-refractivity contribution in [3.05, 3.63) is 0 Å². The molecule has 0 spiro atoms. The molecule has 0 aromatic heterocycles. The van der Waals surface area contributed by atoms with Crippen LogP contribution < -0.4 is 5.32 Å². The molecule has 0 radical (unpaired) electrons. The van der Waals surface area contributed by atoms with E-state index in [9.17, 15) is 4.79 Å². The summed E-state index contributed by atoms with van der Waals surface area (Å²) in [5, 5.41) is 3.26. The number of carbonyl (C=O) groups excluding carboxylic acids is 1. The number of piperidine rings is 1. The number of ether oxygens (including phenoxy) is 1. The molecule has 5 nitrogen and oxygen atoms in total. The lowest BCUT2D eigenvalue weighted by Crippen LogP contribution is -2.49. The highest BCUT2D eigenvalue weighted by Crippen LogP contribution is 2.18. The van der Waals surface area contributed by atoms with Gasteiger partial charge in [-0.1, -0.05) is 0 Å². The first kappa shape index (κ1) is 13.8. The van der Waals surface area contributed by atoms with Gasteiger partial charge in [0.2, 0.25) is 5.91 Å². The molecule has 2 aliphatic heterocycles. The van der Waals surface area contributed by atoms with Crippen LogP contribution in [0.25, 0.3) is 0 Å². The van der Waals surface area contributed by atoms with E-state index in [1.807, 2.05) is 4.90 Å². The summed E-state index contributed by atoms with van der Waals surface area (Å²) in [6, 6.07) is 0.586. The highest BCUT2D eigenvalue weighted by molar-refractivity contribution is 5.82. The summed E-state index contributed by atoms with van der Waals surface area (Å²) in [4.78, 5) is 16.6. The van der Waals surface area contributed by atoms with E-state index >= 15 is 0 Å². The van der Waals surface area contributed by atoms with E-state index in [1.165, 1.54) is 0 Å². The zero-order valence-electron chi connectivity index (χ0n) is 11.7. The zero-order chi connectivity index (χ0) is 13.1. The first-order valence-corrected chi connectivity index (χ1v) is 6.83. The predicted molar refractivity (Wildman–Crippen MR) is 70.5 cm³/mol. The Morgan fingerprint density at radius 1 is 1.33 bits per heavy atom. The molecule has 0 aromatic carbocycles. The number of nitrogens with one attached hydrogen (secondary N) is 1. The van der Waals surface area contributed by atoms with E-state index in [4.69, 9.17) is 4.74 Å². The van der Waals surface area contributed by atoms with Crippen LogP contribution in [-0.4, -0.2) is 74.7 Å². The first-order valence-electron chi connectivity index (χ1n) is 6.83. The molecule has 2 atom stereocenters. The Kier molecular flexibility index (Phi) is 4.59. The van der Waals surface area contributed by atoms with Gasteiger partial charge >= 0.3 is 0 Å². The highest BCUT2D eigenvalue weighted by Gasteiger charge is 2.33. The normalized spacial score (nSPS) is 30.1. The Morgan fingerprint density at radius 2 is 2.00 bits per heavy atom. The van der Waals surface area contributed by atoms with Crippen LogP contribution in [0.2, 0.25) is 0 Å². The van der Waals surface area contributed by atoms with Gasteiger partial charge in [0.15, 0.2) is 0 Å². The molecule has 2 saturated heterocycles. The van der Waals surface area contributed by atoms with Crippen molar-refractivity contribution in [3.8, 4) is 0 Å². The van der Waals surface area contributed by atoms with Crippen LogP contribution in [0.5, 0.6) is 0 Å². The highest BCUT2D eigenvalue weighted by atomic mass is 16.5. The minimum absolute atomic E-state index is 0.0362. The van der Waals surface area contributed by atoms with Gasteiger partial charge in [0.05, 0.1) is 12.1 Å². The molecule has 5 heteroatoms. The van der Waals surface area contributed by atoms with Gasteiger partial charge in [-0.3, -0.25) is 4.79 Å². The number of amides is 1. The van der Waals surface area contributed by atoms with E-state index in [0.29, 0.717) is 6.04 Å². The summed E-state index contributed by atoms with van der Waals surface area (Å²) in [6.45, 7) is 2.57. The fourth-order valence-corrected chi connectivity index (χ4v) is 2.89. The third kappa shape index (κ3) is 3.02. The van der Waals surface area contributed by atoms with Gasteiger partial charge in [-0.2, -0.15) is 0 Å². The topological polar surface area (TPSA) is 44.8 Å². The van der Waals surface area contributed by atoms with Gasteiger partial charge < -0.3 is 19.9 Å². The Morgan fingerprint density at radius 3 is 2.50 bits per heavy atom. The van der Waals surface area contributed by atoms with Crippen molar-refractivity contribution in [2.75, 3.05) is 40.8 Å². The van der Waals surface area contributed by atoms with Crippen LogP contribution in [0.15, 0.2) is 0 Å². The zero-order valence-corrected chi connectivity index (χ0v) is 11.7. The molecule has 2 heterocycles. The van der Waals surface area contributed by atoms with Crippen molar-refractivity contribution < 1.29 is 9.53 Å². The lowest BCUT2D eigenvalue weighted by atomic mass is 10.0. The molecular formula is C13H25N3O2. The lowest BCUT2D eigenvalue weighted by molar-refractivity contribution is -0.134. The molecule has 0 aliphatic carbocycles. The smallest absolute Gasteiger partial charge is 0.239 e. The third-order valence-corrected chi connectivity index (χ3v) is 4.23. The maximum absolute atomic E-state index is 12.3. The molecule has 2 fully saturated rings. The van der Waals surface area contributed by atoms with Crippen LogP contribution in [-0.2, 0) is 9.53 Å². The van der Waals surface area contributed by atoms with Crippen molar-refractivity contribution in [1.29, 1.82) is 0 Å². The number of likely N-dealkylation sites (tertiary alicyclic amines) is 1. The minimum Gasteiger partial charge on any atom is -0.380 e. The molecule has 1 amide bonds. The SMILES string of the molecule is COC1CNC(C(=O)N2CCC(N(C)C)CC2)C1. The Hall–Kier alpha value is -0.650. The average molecular weight is 255 g/mol. The predicted octanol–water partition coefficient (Wildman–Crippen LogP) is -0.0841. The number of rotatable bonds is 3. The van der Waals surface area contributed by atoms with Crippen molar-refractivity contribution in [1.82, 2.24) is 15.1 Å². The molecule has 1 N–H and O–H groups in total. The summed E-state index contributed by atoms with van der Waals surface area (Å²) in [6.07, 6.45) is 3.17. The summed E-state index contributed by atoms with van der Waals surface area (Å²) in [5.41, 5.74) is 0. The number of hydrogen-bond acceptors (Lipinski definition) is 4. The third-order valence-electron chi connectivity index (χ3n) is 4.23. The van der Waals surface area contributed by atoms with Crippen molar-refractivity contribution in [2.45, 2.75) is 37.5 Å². The van der Waals surface area contributed by atoms with Crippen LogP contribution >= 0.6 is 0 Å². The van der Waals surface area contributed by atoms with Gasteiger partial charge in [-0.25, -0.2) is 0 Å². The van der Waals surface area contributed by atoms with Crippen LogP contribution in [0.1, 0.15) is 19.3 Å². The summed E-state index contributed by atoms with van der Waals surface area (Å²) in [7, 11) is 5.94. The Balaban J connectivity index is 1.81. The average Bonchev–Trinajstić information content (AvgIpc) is 2.86. The fourth-order valence-electron chi connectivity index (χ4n) is 2.89. The lowest BCUT2D eigenvalue weighted by Gasteiger charge is -2.36. The second kappa shape index (κ2) is 5.99. The number of hydrogen-bond donors (Lipinski definition) is 1. The van der Waals surface area contributed by atoms with Gasteiger partial charge in [0.1, 0.15) is 0 Å². The molecule has 0 aromatic rings. The second-order valence-electron chi connectivity index (χ2n) is 5.57. The van der Waals surface area contributed by atoms with Gasteiger partial charge in [-0.05, 0) is 33.4 Å². The molecule has 2 aliphatic rings. The van der Waals surface area contributed by atoms with Gasteiger partial charge in [-0.15, -0.1) is 0 Å². The summed E-state index contributed by atoms with van der Waals surface area (Å²) in [5.74, 6) is 0.256. The van der Waals surface area contributed by atoms with Gasteiger partial charge in [0, 0.05) is 32.8 Å². The monoisotopic (exact) mass is 255 g/mol. The molecule has 0 bridgehead atoms. The Bertz CT molecular complexity index is 288. The largest absolute Gasteiger partial charge is 0.380 e. The van der Waals surface area contributed by atoms with E-state index in [1.54, 1.807) is 7.11 Å². The van der Waals surface area contributed by atoms with Crippen LogP contribution in [0.3, 0.4) is 0 Å². The summed E-state index contributed by atoms with van der Waals surface area (Å²) >= 11 is 0. The van der Waals surface area contributed by atoms with E-state index in [-0.39, 0.29) is 18.1 Å². The number of methoxy groups -OCH3 is 1. The maximum atomic E-state index is 12.3. The summed E-state index contributed by atoms with van der Waals surface area (Å²) < 4.78 is 5.29. The van der Waals surface area contributed by atoms with Crippen molar-refractivity contribution >= 4 is 5.91 Å². The number of carbonyl (C=O) groups is 1. The van der Waals surface area contributed by atoms with Crippen LogP contribution in [0.4, 0.5) is 0 Å². The Labute approximate surface area is 109 Å². The quantitative estimate of drug-likeness (QED) is 0.766. The molecule has 0 saturated carbocycles. The molecule has 2 rings (SSSR count). The van der Waals surface area contributed by atoms with Crippen molar-refractivity contribution in [3.63, 3.8) is 0 Å². The molecular weight excluding hydrogens is 230 g/mol. The van der Waals surface area contributed by atoms with E-state index in [0.717, 1.165) is 38.9 Å². The van der Waals surface area contributed by atoms with Crippen molar-refractivity contribution in [2.24, 2.45) is 0 Å². The van der Waals surface area contributed by atoms with E-state index in [2.05, 4.69) is 24.3 Å². The molecule has 104 valence electrons. The molecule has 18 heavy (non-hydrogen) atoms. The fraction of sp³-hybridized carbons (Fsp3) is 0.923. The standard InChI is InChI=1S/C13H25N3O2/c1-15(2)10-4-6-16(7-5-10)13(17)12-8-11(18-3)9-14-12/h10-12,14H,4-9H2,1-3H3. The van der Waals surface area contributed by atoms with Crippen LogP contribution in [0, 0.1) is 0 Å². The van der Waals surface area contributed by atoms with E-state index < -0.39 is 0 Å².